The topological polar surface area (TPSA) is 41.7 Å². The smallest absolute Gasteiger partial charge is 0.169 e. The second-order valence-corrected chi connectivity index (χ2v) is 14.9. The summed E-state index contributed by atoms with van der Waals surface area (Å²) >= 11 is 0. The highest BCUT2D eigenvalue weighted by Gasteiger charge is 2.46. The summed E-state index contributed by atoms with van der Waals surface area (Å²) in [6.45, 7) is 0. The Labute approximate surface area is 331 Å². The largest absolute Gasteiger partial charge is 0.324 e. The number of amidine groups is 2. The van der Waals surface area contributed by atoms with E-state index in [2.05, 4.69) is 181 Å². The quantitative estimate of drug-likeness (QED) is 0.170. The lowest BCUT2D eigenvalue weighted by atomic mass is 9.94. The van der Waals surface area contributed by atoms with Crippen molar-refractivity contribution in [2.45, 2.75) is 6.17 Å². The molecule has 1 aromatic heterocycles. The van der Waals surface area contributed by atoms with Crippen LogP contribution in [-0.4, -0.2) is 23.3 Å². The molecule has 2 aliphatic rings. The average Bonchev–Trinajstić information content (AvgIpc) is 3.76. The van der Waals surface area contributed by atoms with E-state index in [9.17, 15) is 0 Å². The fourth-order valence-corrected chi connectivity index (χ4v) is 9.05. The van der Waals surface area contributed by atoms with Gasteiger partial charge in [0, 0.05) is 44.8 Å². The minimum atomic E-state index is -0.449. The number of aromatic nitrogens is 1. The van der Waals surface area contributed by atoms with Crippen molar-refractivity contribution in [1.29, 1.82) is 0 Å². The maximum absolute atomic E-state index is 5.24. The molecule has 0 radical (unpaired) electrons. The molecule has 0 bridgehead atoms. The lowest BCUT2D eigenvalue weighted by molar-refractivity contribution is 0.644. The number of nitrogens with zero attached hydrogens (tertiary/aromatic N) is 4. The van der Waals surface area contributed by atoms with Crippen LogP contribution in [-0.2, 0) is 0 Å². The van der Waals surface area contributed by atoms with Gasteiger partial charge < -0.3 is 9.88 Å². The Bertz CT molecular complexity index is 2980. The van der Waals surface area contributed by atoms with E-state index in [0.29, 0.717) is 4.48 Å². The van der Waals surface area contributed by atoms with Crippen molar-refractivity contribution in [3.05, 3.63) is 217 Å². The number of rotatable bonds is 6. The number of fused-ring (bicyclic) bond motifs is 6. The molecule has 3 heterocycles. The number of hydrogen-bond donors (Lipinski definition) is 1. The lowest BCUT2D eigenvalue weighted by Gasteiger charge is -2.32. The van der Waals surface area contributed by atoms with Crippen molar-refractivity contribution in [3.63, 3.8) is 0 Å². The van der Waals surface area contributed by atoms with E-state index in [0.717, 1.165) is 39.6 Å². The van der Waals surface area contributed by atoms with Gasteiger partial charge in [0.15, 0.2) is 17.5 Å². The van der Waals surface area contributed by atoms with E-state index in [1.165, 1.54) is 55.6 Å². The molecule has 1 atom stereocenters. The summed E-state index contributed by atoms with van der Waals surface area (Å²) in [5.74, 6) is 1.60. The van der Waals surface area contributed by atoms with Gasteiger partial charge in [-0.15, -0.1) is 0 Å². The highest BCUT2D eigenvalue weighted by atomic mass is 15.4. The van der Waals surface area contributed by atoms with Crippen molar-refractivity contribution >= 4 is 50.5 Å². The average molecular weight is 733 g/mol. The molecule has 5 heteroatoms. The molecule has 0 spiro atoms. The van der Waals surface area contributed by atoms with E-state index in [-0.39, 0.29) is 0 Å². The summed E-state index contributed by atoms with van der Waals surface area (Å²) in [4.78, 5) is 10.5. The zero-order valence-corrected chi connectivity index (χ0v) is 31.4. The van der Waals surface area contributed by atoms with Crippen molar-refractivity contribution in [2.24, 2.45) is 9.98 Å². The van der Waals surface area contributed by atoms with Crippen LogP contribution in [0.2, 0.25) is 0 Å². The molecule has 1 unspecified atom stereocenters. The van der Waals surface area contributed by atoms with Gasteiger partial charge in [0.1, 0.15) is 17.4 Å². The second kappa shape index (κ2) is 13.2. The Morgan fingerprint density at radius 2 is 1.09 bits per heavy atom. The molecular formula is C52H38N5+. The van der Waals surface area contributed by atoms with Gasteiger partial charge in [-0.25, -0.2) is 14.5 Å². The van der Waals surface area contributed by atoms with Gasteiger partial charge in [-0.3, -0.25) is 0 Å². The third-order valence-corrected chi connectivity index (χ3v) is 11.7. The van der Waals surface area contributed by atoms with Crippen LogP contribution in [0.25, 0.3) is 49.7 Å². The predicted molar refractivity (Wildman–Crippen MR) is 237 cm³/mol. The number of nitrogens with one attached hydrogen (secondary N) is 1. The molecule has 0 amide bonds. The molecule has 8 aromatic carbocycles. The standard InChI is InChI=1S/C52H38N5/c1-57(40-27-12-5-13-28-40)46-32-17-15-30-42(46)44-34-43-41-29-14-16-31-45(41)56(48(43)47(49(44)57)35-19-6-2-7-20-35)39-26-18-25-38(33-39)52-54-50(36-21-8-3-9-22-36)53-51(55-52)37-23-10-4-11-24-37/h2-34,52H,1H3,(H,53,54,55)/q+1. The number of hydrogen-bond acceptors (Lipinski definition) is 3. The summed E-state index contributed by atoms with van der Waals surface area (Å²) in [7, 11) is 2.35. The number of aliphatic imine (C=N–C) groups is 2. The first-order chi connectivity index (χ1) is 28.2. The van der Waals surface area contributed by atoms with Gasteiger partial charge in [0.2, 0.25) is 0 Å². The molecule has 0 saturated heterocycles. The third-order valence-electron chi connectivity index (χ3n) is 11.7. The molecule has 11 rings (SSSR count). The molecule has 0 fully saturated rings. The molecule has 1 N–H and O–H groups in total. The van der Waals surface area contributed by atoms with Crippen molar-refractivity contribution in [3.8, 4) is 27.9 Å². The highest BCUT2D eigenvalue weighted by molar-refractivity contribution is 6.21. The van der Waals surface area contributed by atoms with Crippen LogP contribution < -0.4 is 9.80 Å². The summed E-state index contributed by atoms with van der Waals surface area (Å²) in [5, 5.41) is 5.98. The van der Waals surface area contributed by atoms with Gasteiger partial charge in [0.05, 0.1) is 29.2 Å². The molecule has 9 aromatic rings. The minimum absolute atomic E-state index is 0.449. The molecular weight excluding hydrogens is 695 g/mol. The predicted octanol–water partition coefficient (Wildman–Crippen LogP) is 12.5. The van der Waals surface area contributed by atoms with Crippen molar-refractivity contribution < 1.29 is 0 Å². The van der Waals surface area contributed by atoms with Crippen LogP contribution in [0.4, 0.5) is 17.1 Å². The first-order valence-corrected chi connectivity index (χ1v) is 19.5. The monoisotopic (exact) mass is 732 g/mol. The maximum atomic E-state index is 5.24. The van der Waals surface area contributed by atoms with Crippen molar-refractivity contribution in [1.82, 2.24) is 14.4 Å². The molecule has 0 saturated carbocycles. The summed E-state index contributed by atoms with van der Waals surface area (Å²) in [6, 6.07) is 71.5. The van der Waals surface area contributed by atoms with Gasteiger partial charge in [0.25, 0.3) is 0 Å². The van der Waals surface area contributed by atoms with Crippen LogP contribution in [0.5, 0.6) is 0 Å². The van der Waals surface area contributed by atoms with Gasteiger partial charge in [-0.2, -0.15) is 0 Å². The van der Waals surface area contributed by atoms with Gasteiger partial charge in [-0.05, 0) is 48.0 Å². The molecule has 5 nitrogen and oxygen atoms in total. The van der Waals surface area contributed by atoms with E-state index >= 15 is 0 Å². The summed E-state index contributed by atoms with van der Waals surface area (Å²) in [6.07, 6.45) is -0.449. The first kappa shape index (κ1) is 33.0. The van der Waals surface area contributed by atoms with Crippen LogP contribution in [0, 0.1) is 0 Å². The highest BCUT2D eigenvalue weighted by Crippen LogP contribution is 2.61. The van der Waals surface area contributed by atoms with Crippen LogP contribution in [0.3, 0.4) is 0 Å². The van der Waals surface area contributed by atoms with Gasteiger partial charge >= 0.3 is 0 Å². The fourth-order valence-electron chi connectivity index (χ4n) is 9.05. The third kappa shape index (κ3) is 5.21. The Balaban J connectivity index is 1.20. The Morgan fingerprint density at radius 1 is 0.509 bits per heavy atom. The van der Waals surface area contributed by atoms with Crippen molar-refractivity contribution in [2.75, 3.05) is 7.05 Å². The van der Waals surface area contributed by atoms with E-state index < -0.39 is 6.17 Å². The summed E-state index contributed by atoms with van der Waals surface area (Å²) in [5.41, 5.74) is 15.1. The maximum Gasteiger partial charge on any atom is 0.169 e. The van der Waals surface area contributed by atoms with Gasteiger partial charge in [-0.1, -0.05) is 152 Å². The normalized spacial score (nSPS) is 16.2. The van der Waals surface area contributed by atoms with Crippen LogP contribution in [0.15, 0.2) is 210 Å². The van der Waals surface area contributed by atoms with Crippen LogP contribution in [0.1, 0.15) is 22.9 Å². The fraction of sp³-hybridized carbons (Fsp3) is 0.0385. The minimum Gasteiger partial charge on any atom is -0.324 e. The second-order valence-electron chi connectivity index (χ2n) is 14.9. The zero-order chi connectivity index (χ0) is 37.9. The number of quaternary nitrogens is 1. The molecule has 270 valence electrons. The Hall–Kier alpha value is -7.34. The Morgan fingerprint density at radius 3 is 1.77 bits per heavy atom. The zero-order valence-electron chi connectivity index (χ0n) is 31.4. The molecule has 57 heavy (non-hydrogen) atoms. The molecule has 2 aliphatic heterocycles. The van der Waals surface area contributed by atoms with E-state index in [1.54, 1.807) is 0 Å². The number of para-hydroxylation sites is 3. The van der Waals surface area contributed by atoms with Crippen LogP contribution >= 0.6 is 0 Å². The van der Waals surface area contributed by atoms with E-state index in [1.807, 2.05) is 36.4 Å². The first-order valence-electron chi connectivity index (χ1n) is 19.5. The van der Waals surface area contributed by atoms with E-state index in [4.69, 9.17) is 9.98 Å². The Kier molecular flexibility index (Phi) is 7.62. The number of benzene rings is 8. The molecule has 0 aliphatic carbocycles. The SMILES string of the molecule is C[N+]1(c2ccccc2)c2ccccc2-c2cc3c4ccccc4n(-c4cccc(C5N=C(c6ccccc6)NC(c6ccccc6)=N5)c4)c3c(-c3ccccc3)c21. The lowest BCUT2D eigenvalue weighted by Crippen LogP contribution is -2.36. The summed E-state index contributed by atoms with van der Waals surface area (Å²) < 4.78 is 3.02.